The normalized spacial score (nSPS) is 17.8. The fourth-order valence-electron chi connectivity index (χ4n) is 3.93. The Labute approximate surface area is 184 Å². The number of carbonyl (C=O) groups excluding carboxylic acids is 2. The molecule has 7 heteroatoms. The number of benzene rings is 2. The molecule has 2 aromatic carbocycles. The minimum Gasteiger partial charge on any atom is -0.489 e. The Morgan fingerprint density at radius 3 is 2.33 bits per heavy atom. The molecule has 0 radical (unpaired) electrons. The van der Waals surface area contributed by atoms with Crippen molar-refractivity contribution in [1.82, 2.24) is 4.90 Å². The average Bonchev–Trinajstić information content (AvgIpc) is 3.21. The number of halogens is 1. The van der Waals surface area contributed by atoms with Gasteiger partial charge in [-0.3, -0.25) is 9.59 Å². The van der Waals surface area contributed by atoms with Crippen molar-refractivity contribution in [2.24, 2.45) is 23.3 Å². The van der Waals surface area contributed by atoms with E-state index in [1.807, 2.05) is 54.6 Å². The van der Waals surface area contributed by atoms with Crippen molar-refractivity contribution in [2.45, 2.75) is 32.4 Å². The Kier molecular flexibility index (Phi) is 9.15. The summed E-state index contributed by atoms with van der Waals surface area (Å²) in [4.78, 5) is 26.1. The van der Waals surface area contributed by atoms with Gasteiger partial charge in [0.05, 0.1) is 6.54 Å². The SMILES string of the molecule is Cl.NC[C@H]1CCC[C@H]1C(=O)N(CC(N)=O)Cc1ccc(OCc2ccccc2)cc1. The summed E-state index contributed by atoms with van der Waals surface area (Å²) >= 11 is 0. The molecule has 0 bridgehead atoms. The summed E-state index contributed by atoms with van der Waals surface area (Å²) in [5.74, 6) is 0.286. The quantitative estimate of drug-likeness (QED) is 0.637. The molecule has 4 N–H and O–H groups in total. The van der Waals surface area contributed by atoms with Crippen LogP contribution in [0.1, 0.15) is 30.4 Å². The van der Waals surface area contributed by atoms with E-state index < -0.39 is 5.91 Å². The van der Waals surface area contributed by atoms with Crippen molar-refractivity contribution < 1.29 is 14.3 Å². The number of nitrogens with two attached hydrogens (primary N) is 2. The molecule has 162 valence electrons. The van der Waals surface area contributed by atoms with E-state index in [-0.39, 0.29) is 36.7 Å². The summed E-state index contributed by atoms with van der Waals surface area (Å²) < 4.78 is 5.81. The molecule has 0 saturated heterocycles. The minimum absolute atomic E-state index is 0. The number of rotatable bonds is 9. The van der Waals surface area contributed by atoms with Crippen molar-refractivity contribution in [1.29, 1.82) is 0 Å². The molecule has 0 unspecified atom stereocenters. The molecule has 0 aliphatic heterocycles. The fourth-order valence-corrected chi connectivity index (χ4v) is 3.93. The molecule has 2 atom stereocenters. The molecule has 2 aromatic rings. The van der Waals surface area contributed by atoms with E-state index in [1.165, 1.54) is 0 Å². The van der Waals surface area contributed by atoms with Crippen LogP contribution in [0.4, 0.5) is 0 Å². The molecule has 1 fully saturated rings. The summed E-state index contributed by atoms with van der Waals surface area (Å²) in [5.41, 5.74) is 13.2. The van der Waals surface area contributed by atoms with Crippen LogP contribution in [-0.4, -0.2) is 29.8 Å². The zero-order valence-electron chi connectivity index (χ0n) is 17.0. The predicted molar refractivity (Wildman–Crippen MR) is 119 cm³/mol. The first-order valence-electron chi connectivity index (χ1n) is 10.1. The van der Waals surface area contributed by atoms with Gasteiger partial charge >= 0.3 is 0 Å². The summed E-state index contributed by atoms with van der Waals surface area (Å²) in [6.45, 7) is 1.25. The van der Waals surface area contributed by atoms with Gasteiger partial charge in [0.1, 0.15) is 12.4 Å². The van der Waals surface area contributed by atoms with Crippen LogP contribution in [0.25, 0.3) is 0 Å². The Bertz CT molecular complexity index is 814. The fraction of sp³-hybridized carbons (Fsp3) is 0.391. The van der Waals surface area contributed by atoms with E-state index >= 15 is 0 Å². The highest BCUT2D eigenvalue weighted by Gasteiger charge is 2.35. The van der Waals surface area contributed by atoms with Crippen LogP contribution in [0.5, 0.6) is 5.75 Å². The van der Waals surface area contributed by atoms with Gasteiger partial charge in [-0.05, 0) is 48.6 Å². The smallest absolute Gasteiger partial charge is 0.237 e. The summed E-state index contributed by atoms with van der Waals surface area (Å²) in [5, 5.41) is 0. The van der Waals surface area contributed by atoms with Crippen LogP contribution in [0.2, 0.25) is 0 Å². The van der Waals surface area contributed by atoms with Gasteiger partial charge in [0.2, 0.25) is 11.8 Å². The number of nitrogens with zero attached hydrogens (tertiary/aromatic N) is 1. The van der Waals surface area contributed by atoms with Gasteiger partial charge in [-0.15, -0.1) is 12.4 Å². The van der Waals surface area contributed by atoms with E-state index in [0.29, 0.717) is 19.7 Å². The minimum atomic E-state index is -0.511. The second-order valence-electron chi connectivity index (χ2n) is 7.61. The standard InChI is InChI=1S/C23H29N3O3.ClH/c24-13-19-7-4-8-21(19)23(28)26(15-22(25)27)14-17-9-11-20(12-10-17)29-16-18-5-2-1-3-6-18;/h1-3,5-6,9-12,19,21H,4,7-8,13-16,24H2,(H2,25,27);1H/t19-,21-;/m1./s1. The topological polar surface area (TPSA) is 98.7 Å². The maximum Gasteiger partial charge on any atom is 0.237 e. The lowest BCUT2D eigenvalue weighted by Gasteiger charge is -2.27. The van der Waals surface area contributed by atoms with Crippen LogP contribution >= 0.6 is 12.4 Å². The number of amides is 2. The molecule has 1 aliphatic carbocycles. The Morgan fingerprint density at radius 2 is 1.70 bits per heavy atom. The summed E-state index contributed by atoms with van der Waals surface area (Å²) in [7, 11) is 0. The summed E-state index contributed by atoms with van der Waals surface area (Å²) in [6, 6.07) is 17.5. The molecule has 0 aromatic heterocycles. The maximum absolute atomic E-state index is 13.0. The lowest BCUT2D eigenvalue weighted by Crippen LogP contribution is -2.43. The third-order valence-corrected chi connectivity index (χ3v) is 5.48. The highest BCUT2D eigenvalue weighted by molar-refractivity contribution is 5.85. The van der Waals surface area contributed by atoms with E-state index in [1.54, 1.807) is 4.90 Å². The number of primary amides is 1. The van der Waals surface area contributed by atoms with Gasteiger partial charge in [-0.2, -0.15) is 0 Å². The third kappa shape index (κ3) is 6.47. The Hall–Kier alpha value is -2.57. The van der Waals surface area contributed by atoms with E-state index in [2.05, 4.69) is 0 Å². The molecule has 0 spiro atoms. The summed E-state index contributed by atoms with van der Waals surface area (Å²) in [6.07, 6.45) is 2.78. The van der Waals surface area contributed by atoms with Crippen molar-refractivity contribution in [3.63, 3.8) is 0 Å². The Balaban J connectivity index is 0.00000320. The largest absolute Gasteiger partial charge is 0.489 e. The second-order valence-corrected chi connectivity index (χ2v) is 7.61. The highest BCUT2D eigenvalue weighted by atomic mass is 35.5. The molecule has 30 heavy (non-hydrogen) atoms. The molecule has 2 amide bonds. The molecular weight excluding hydrogens is 402 g/mol. The van der Waals surface area contributed by atoms with E-state index in [9.17, 15) is 9.59 Å². The van der Waals surface area contributed by atoms with Crippen molar-refractivity contribution in [3.8, 4) is 5.75 Å². The van der Waals surface area contributed by atoms with Gasteiger partial charge in [-0.1, -0.05) is 48.9 Å². The van der Waals surface area contributed by atoms with Crippen LogP contribution in [0.3, 0.4) is 0 Å². The third-order valence-electron chi connectivity index (χ3n) is 5.48. The van der Waals surface area contributed by atoms with E-state index in [4.69, 9.17) is 16.2 Å². The molecule has 1 saturated carbocycles. The number of carbonyl (C=O) groups is 2. The van der Waals surface area contributed by atoms with Crippen LogP contribution in [0.15, 0.2) is 54.6 Å². The first-order chi connectivity index (χ1) is 14.1. The first kappa shape index (κ1) is 23.7. The van der Waals surface area contributed by atoms with Gasteiger partial charge in [0, 0.05) is 12.5 Å². The van der Waals surface area contributed by atoms with Crippen molar-refractivity contribution >= 4 is 24.2 Å². The zero-order valence-corrected chi connectivity index (χ0v) is 17.9. The van der Waals surface area contributed by atoms with Gasteiger partial charge < -0.3 is 21.1 Å². The molecule has 3 rings (SSSR count). The van der Waals surface area contributed by atoms with Crippen LogP contribution in [-0.2, 0) is 22.7 Å². The molecule has 0 heterocycles. The molecule has 6 nitrogen and oxygen atoms in total. The first-order valence-corrected chi connectivity index (χ1v) is 10.1. The monoisotopic (exact) mass is 431 g/mol. The predicted octanol–water partition coefficient (Wildman–Crippen LogP) is 2.88. The Morgan fingerprint density at radius 1 is 1.00 bits per heavy atom. The van der Waals surface area contributed by atoms with Crippen LogP contribution in [0, 0.1) is 11.8 Å². The van der Waals surface area contributed by atoms with Gasteiger partial charge in [0.15, 0.2) is 0 Å². The van der Waals surface area contributed by atoms with Gasteiger partial charge in [0.25, 0.3) is 0 Å². The average molecular weight is 432 g/mol. The van der Waals surface area contributed by atoms with Crippen molar-refractivity contribution in [3.05, 3.63) is 65.7 Å². The van der Waals surface area contributed by atoms with E-state index in [0.717, 1.165) is 36.1 Å². The van der Waals surface area contributed by atoms with Crippen molar-refractivity contribution in [2.75, 3.05) is 13.1 Å². The van der Waals surface area contributed by atoms with Crippen LogP contribution < -0.4 is 16.2 Å². The number of hydrogen-bond donors (Lipinski definition) is 2. The zero-order chi connectivity index (χ0) is 20.6. The maximum atomic E-state index is 13.0. The van der Waals surface area contributed by atoms with Gasteiger partial charge in [-0.25, -0.2) is 0 Å². The second kappa shape index (κ2) is 11.6. The number of ether oxygens (including phenoxy) is 1. The molecule has 1 aliphatic rings. The molecular formula is C23H30ClN3O3. The number of hydrogen-bond acceptors (Lipinski definition) is 4. The highest BCUT2D eigenvalue weighted by Crippen LogP contribution is 2.32. The lowest BCUT2D eigenvalue weighted by molar-refractivity contribution is -0.140. The lowest BCUT2D eigenvalue weighted by atomic mass is 9.94.